The maximum Gasteiger partial charge on any atom is 0.243 e. The fraction of sp³-hybridized carbons (Fsp3) is 0.0769. The number of nitrogens with two attached hydrogens (primary N) is 1. The second kappa shape index (κ2) is 5.79. The van der Waals surface area contributed by atoms with Gasteiger partial charge in [0, 0.05) is 18.8 Å². The normalized spacial score (nSPS) is 19.4. The predicted octanol–water partition coefficient (Wildman–Crippen LogP) is 0.382. The molecule has 0 spiro atoms. The molecule has 0 fully saturated rings. The Morgan fingerprint density at radius 1 is 1.25 bits per heavy atom. The number of nitrogens with zero attached hydrogens (tertiary/aromatic N) is 4. The zero-order valence-corrected chi connectivity index (χ0v) is 10.8. The van der Waals surface area contributed by atoms with E-state index in [0.717, 1.165) is 4.73 Å². The number of aromatic nitrogens is 1. The third-order valence-corrected chi connectivity index (χ3v) is 2.36. The van der Waals surface area contributed by atoms with E-state index >= 15 is 0 Å². The SMILES string of the molecule is CC(=O)N=C1C=C(N)C=C/C1=N\N=c1\ccccn1O. The minimum absolute atomic E-state index is 0.248. The van der Waals surface area contributed by atoms with Crippen LogP contribution in [0, 0.1) is 0 Å². The lowest BCUT2D eigenvalue weighted by Crippen LogP contribution is -2.19. The van der Waals surface area contributed by atoms with Crippen molar-refractivity contribution < 1.29 is 10.0 Å². The smallest absolute Gasteiger partial charge is 0.243 e. The van der Waals surface area contributed by atoms with Gasteiger partial charge >= 0.3 is 0 Å². The van der Waals surface area contributed by atoms with E-state index < -0.39 is 0 Å². The highest BCUT2D eigenvalue weighted by Gasteiger charge is 2.09. The van der Waals surface area contributed by atoms with Crippen molar-refractivity contribution in [1.29, 1.82) is 0 Å². The molecule has 20 heavy (non-hydrogen) atoms. The second-order valence-electron chi connectivity index (χ2n) is 3.98. The van der Waals surface area contributed by atoms with Crippen molar-refractivity contribution in [2.75, 3.05) is 0 Å². The molecular formula is C13H13N5O2. The van der Waals surface area contributed by atoms with Crippen LogP contribution in [0.5, 0.6) is 0 Å². The lowest BCUT2D eigenvalue weighted by Gasteiger charge is -2.05. The second-order valence-corrected chi connectivity index (χ2v) is 3.98. The molecule has 0 aromatic carbocycles. The van der Waals surface area contributed by atoms with Gasteiger partial charge in [-0.25, -0.2) is 4.99 Å². The first kappa shape index (κ1) is 13.5. The number of carbonyl (C=O) groups is 1. The molecule has 2 rings (SSSR count). The van der Waals surface area contributed by atoms with Gasteiger partial charge in [-0.2, -0.15) is 4.73 Å². The van der Waals surface area contributed by atoms with Crippen molar-refractivity contribution in [3.05, 3.63) is 53.8 Å². The molecule has 7 heteroatoms. The number of carbonyl (C=O) groups excluding carboxylic acids is 1. The Kier molecular flexibility index (Phi) is 3.90. The lowest BCUT2D eigenvalue weighted by atomic mass is 10.1. The minimum Gasteiger partial charge on any atom is -0.427 e. The maximum atomic E-state index is 11.1. The van der Waals surface area contributed by atoms with Crippen LogP contribution in [0.2, 0.25) is 0 Å². The summed E-state index contributed by atoms with van der Waals surface area (Å²) >= 11 is 0. The van der Waals surface area contributed by atoms with E-state index in [4.69, 9.17) is 5.73 Å². The highest BCUT2D eigenvalue weighted by Crippen LogP contribution is 2.03. The zero-order chi connectivity index (χ0) is 14.5. The Morgan fingerprint density at radius 2 is 2.05 bits per heavy atom. The van der Waals surface area contributed by atoms with Crippen molar-refractivity contribution in [2.24, 2.45) is 20.9 Å². The molecule has 1 aromatic heterocycles. The van der Waals surface area contributed by atoms with Gasteiger partial charge < -0.3 is 10.9 Å². The molecule has 0 saturated heterocycles. The largest absolute Gasteiger partial charge is 0.427 e. The summed E-state index contributed by atoms with van der Waals surface area (Å²) in [7, 11) is 0. The topological polar surface area (TPSA) is 105 Å². The van der Waals surface area contributed by atoms with E-state index in [0.29, 0.717) is 17.1 Å². The highest BCUT2D eigenvalue weighted by atomic mass is 16.5. The molecule has 1 heterocycles. The van der Waals surface area contributed by atoms with Crippen LogP contribution in [0.25, 0.3) is 0 Å². The Hall–Kier alpha value is -2.96. The van der Waals surface area contributed by atoms with E-state index in [1.165, 1.54) is 19.2 Å². The average molecular weight is 271 g/mol. The molecule has 0 aliphatic heterocycles. The average Bonchev–Trinajstić information content (AvgIpc) is 2.39. The molecule has 0 bridgehead atoms. The molecule has 0 saturated carbocycles. The molecule has 1 aliphatic carbocycles. The summed E-state index contributed by atoms with van der Waals surface area (Å²) in [6.07, 6.45) is 6.20. The number of hydrogen-bond acceptors (Lipinski definition) is 5. The number of rotatable bonds is 1. The van der Waals surface area contributed by atoms with Crippen molar-refractivity contribution in [1.82, 2.24) is 4.73 Å². The van der Waals surface area contributed by atoms with E-state index in [1.807, 2.05) is 0 Å². The van der Waals surface area contributed by atoms with Crippen molar-refractivity contribution in [3.63, 3.8) is 0 Å². The molecule has 1 amide bonds. The highest BCUT2D eigenvalue weighted by molar-refractivity contribution is 6.52. The van der Waals surface area contributed by atoms with Crippen molar-refractivity contribution in [2.45, 2.75) is 6.92 Å². The molecule has 102 valence electrons. The van der Waals surface area contributed by atoms with Crippen LogP contribution in [0.15, 0.2) is 63.5 Å². The first-order valence-corrected chi connectivity index (χ1v) is 5.80. The maximum absolute atomic E-state index is 11.1. The van der Waals surface area contributed by atoms with E-state index in [-0.39, 0.29) is 11.4 Å². The van der Waals surface area contributed by atoms with Gasteiger partial charge in [-0.15, -0.1) is 10.2 Å². The summed E-state index contributed by atoms with van der Waals surface area (Å²) in [4.78, 5) is 14.9. The van der Waals surface area contributed by atoms with E-state index in [9.17, 15) is 10.0 Å². The van der Waals surface area contributed by atoms with Crippen LogP contribution in [-0.2, 0) is 4.79 Å². The van der Waals surface area contributed by atoms with Crippen LogP contribution < -0.4 is 11.2 Å². The molecule has 1 aromatic rings. The summed E-state index contributed by atoms with van der Waals surface area (Å²) < 4.78 is 0.836. The number of amides is 1. The first-order valence-electron chi connectivity index (χ1n) is 5.80. The molecule has 0 unspecified atom stereocenters. The summed E-state index contributed by atoms with van der Waals surface area (Å²) in [6, 6.07) is 4.95. The third kappa shape index (κ3) is 3.29. The van der Waals surface area contributed by atoms with Gasteiger partial charge in [-0.3, -0.25) is 4.79 Å². The van der Waals surface area contributed by atoms with Crippen LogP contribution in [-0.4, -0.2) is 27.3 Å². The summed E-state index contributed by atoms with van der Waals surface area (Å²) in [5.74, 6) is -0.357. The fourth-order valence-electron chi connectivity index (χ4n) is 1.49. The molecule has 7 nitrogen and oxygen atoms in total. The Balaban J connectivity index is 2.44. The summed E-state index contributed by atoms with van der Waals surface area (Å²) in [5, 5.41) is 17.4. The Morgan fingerprint density at radius 3 is 2.75 bits per heavy atom. The Bertz CT molecular complexity index is 722. The summed E-state index contributed by atoms with van der Waals surface area (Å²) in [6.45, 7) is 1.34. The van der Waals surface area contributed by atoms with E-state index in [2.05, 4.69) is 15.2 Å². The van der Waals surface area contributed by atoms with Gasteiger partial charge in [-0.1, -0.05) is 6.07 Å². The van der Waals surface area contributed by atoms with Gasteiger partial charge in [-0.05, 0) is 30.4 Å². The van der Waals surface area contributed by atoms with Crippen molar-refractivity contribution in [3.8, 4) is 0 Å². The van der Waals surface area contributed by atoms with Gasteiger partial charge in [0.1, 0.15) is 5.71 Å². The summed E-state index contributed by atoms with van der Waals surface area (Å²) in [5.41, 5.74) is 7.09. The van der Waals surface area contributed by atoms with Gasteiger partial charge in [0.15, 0.2) is 5.49 Å². The quantitative estimate of drug-likeness (QED) is 0.438. The minimum atomic E-state index is -0.357. The van der Waals surface area contributed by atoms with E-state index in [1.54, 1.807) is 30.4 Å². The van der Waals surface area contributed by atoms with Crippen LogP contribution in [0.3, 0.4) is 0 Å². The molecule has 3 N–H and O–H groups in total. The lowest BCUT2D eigenvalue weighted by molar-refractivity contribution is -0.115. The molecule has 1 aliphatic rings. The van der Waals surface area contributed by atoms with Crippen LogP contribution >= 0.6 is 0 Å². The third-order valence-electron chi connectivity index (χ3n) is 2.36. The van der Waals surface area contributed by atoms with Gasteiger partial charge in [0.25, 0.3) is 0 Å². The van der Waals surface area contributed by atoms with Gasteiger partial charge in [0.05, 0.1) is 5.71 Å². The first-order chi connectivity index (χ1) is 9.56. The number of allylic oxidation sites excluding steroid dienone is 3. The van der Waals surface area contributed by atoms with Crippen LogP contribution in [0.4, 0.5) is 0 Å². The number of pyridine rings is 1. The Labute approximate surface area is 114 Å². The molecular weight excluding hydrogens is 258 g/mol. The monoisotopic (exact) mass is 271 g/mol. The predicted molar refractivity (Wildman–Crippen MR) is 74.1 cm³/mol. The van der Waals surface area contributed by atoms with Gasteiger partial charge in [0.2, 0.25) is 5.91 Å². The number of hydrogen-bond donors (Lipinski definition) is 2. The number of aliphatic imine (C=N–C) groups is 1. The van der Waals surface area contributed by atoms with Crippen LogP contribution in [0.1, 0.15) is 6.92 Å². The molecule has 0 radical (unpaired) electrons. The standard InChI is InChI=1S/C13H13N5O2/c1-9(19)15-12-8-10(14)5-6-11(12)16-17-13-4-2-3-7-18(13)20/h2-8,20H,14H2,1H3/b15-12?,16-11+,17-13-. The fourth-order valence-corrected chi connectivity index (χ4v) is 1.49. The molecule has 0 atom stereocenters. The van der Waals surface area contributed by atoms with Crippen molar-refractivity contribution >= 4 is 17.3 Å². The zero-order valence-electron chi connectivity index (χ0n) is 10.8.